The maximum Gasteiger partial charge on any atom is 0.273 e. The first-order chi connectivity index (χ1) is 15.8. The maximum absolute atomic E-state index is 13.4. The number of hydrazine groups is 1. The molecule has 11 heteroatoms. The van der Waals surface area contributed by atoms with Crippen molar-refractivity contribution in [2.45, 2.75) is 32.2 Å². The molecule has 1 aliphatic heterocycles. The molecule has 2 atom stereocenters. The van der Waals surface area contributed by atoms with E-state index in [-0.39, 0.29) is 23.5 Å². The Kier molecular flexibility index (Phi) is 5.86. The number of amides is 3. The molecule has 0 bridgehead atoms. The molecule has 11 nitrogen and oxygen atoms in total. The quantitative estimate of drug-likeness (QED) is 0.372. The standard InChI is InChI=1S/C22H20N4O7/c27-20(15-7-11-17(12-8-15)26(32)33)23(13-14-5-9-16(10-6-14)25(30)31)24-21(28)18-3-1-2-4-19(18)22(24)29/h5-12,18-19H,1-4,13H2/t18-,19-/m0/s1. The summed E-state index contributed by atoms with van der Waals surface area (Å²) in [6, 6.07) is 10.3. The van der Waals surface area contributed by atoms with E-state index in [1.54, 1.807) is 0 Å². The lowest BCUT2D eigenvalue weighted by Crippen LogP contribution is -2.49. The molecule has 0 aromatic heterocycles. The van der Waals surface area contributed by atoms with Gasteiger partial charge < -0.3 is 0 Å². The number of non-ortho nitro benzene ring substituents is 2. The average Bonchev–Trinajstić information content (AvgIpc) is 3.07. The van der Waals surface area contributed by atoms with Gasteiger partial charge in [-0.2, -0.15) is 5.01 Å². The zero-order chi connectivity index (χ0) is 23.7. The second kappa shape index (κ2) is 8.77. The van der Waals surface area contributed by atoms with Crippen molar-refractivity contribution < 1.29 is 24.2 Å². The highest BCUT2D eigenvalue weighted by molar-refractivity contribution is 6.07. The van der Waals surface area contributed by atoms with Gasteiger partial charge >= 0.3 is 0 Å². The molecule has 1 saturated carbocycles. The van der Waals surface area contributed by atoms with Gasteiger partial charge in [-0.3, -0.25) is 34.6 Å². The molecule has 1 saturated heterocycles. The number of fused-ring (bicyclic) bond motifs is 1. The third-order valence-corrected chi connectivity index (χ3v) is 6.10. The van der Waals surface area contributed by atoms with Crippen LogP contribution in [0.25, 0.3) is 0 Å². The minimum absolute atomic E-state index is 0.0676. The smallest absolute Gasteiger partial charge is 0.272 e. The summed E-state index contributed by atoms with van der Waals surface area (Å²) in [5.41, 5.74) is 0.212. The van der Waals surface area contributed by atoms with Gasteiger partial charge in [0.05, 0.1) is 28.2 Å². The van der Waals surface area contributed by atoms with E-state index in [1.807, 2.05) is 0 Å². The summed E-state index contributed by atoms with van der Waals surface area (Å²) in [6.45, 7) is -0.176. The van der Waals surface area contributed by atoms with Crippen molar-refractivity contribution in [3.8, 4) is 0 Å². The van der Waals surface area contributed by atoms with Gasteiger partial charge in [0.15, 0.2) is 0 Å². The van der Waals surface area contributed by atoms with E-state index in [1.165, 1.54) is 48.5 Å². The van der Waals surface area contributed by atoms with E-state index in [0.29, 0.717) is 18.4 Å². The van der Waals surface area contributed by atoms with Crippen LogP contribution in [0.2, 0.25) is 0 Å². The summed E-state index contributed by atoms with van der Waals surface area (Å²) in [5.74, 6) is -2.52. The van der Waals surface area contributed by atoms with Gasteiger partial charge in [-0.1, -0.05) is 25.0 Å². The number of nitro benzene ring substituents is 2. The van der Waals surface area contributed by atoms with Crippen LogP contribution < -0.4 is 0 Å². The SMILES string of the molecule is O=C(c1ccc([N+](=O)[O-])cc1)N(Cc1ccc([N+](=O)[O-])cc1)N1C(=O)[C@H]2CCCC[C@@H]2C1=O. The highest BCUT2D eigenvalue weighted by Crippen LogP contribution is 2.39. The number of rotatable bonds is 6. The molecule has 2 aromatic carbocycles. The summed E-state index contributed by atoms with van der Waals surface area (Å²) in [5, 5.41) is 23.8. The van der Waals surface area contributed by atoms with Crippen LogP contribution in [0.5, 0.6) is 0 Å². The summed E-state index contributed by atoms with van der Waals surface area (Å²) in [7, 11) is 0. The Labute approximate surface area is 187 Å². The Morgan fingerprint density at radius 3 is 1.76 bits per heavy atom. The lowest BCUT2D eigenvalue weighted by molar-refractivity contribution is -0.385. The first kappa shape index (κ1) is 22.1. The van der Waals surface area contributed by atoms with Crippen LogP contribution in [0.1, 0.15) is 41.6 Å². The summed E-state index contributed by atoms with van der Waals surface area (Å²) >= 11 is 0. The van der Waals surface area contributed by atoms with Crippen molar-refractivity contribution in [3.05, 3.63) is 79.9 Å². The summed E-state index contributed by atoms with van der Waals surface area (Å²) in [6.07, 6.45) is 2.80. The number of benzene rings is 2. The highest BCUT2D eigenvalue weighted by atomic mass is 16.6. The first-order valence-corrected chi connectivity index (χ1v) is 10.5. The largest absolute Gasteiger partial charge is 0.273 e. The highest BCUT2D eigenvalue weighted by Gasteiger charge is 2.51. The number of nitrogens with zero attached hydrogens (tertiary/aromatic N) is 4. The molecular formula is C22H20N4O7. The molecule has 0 spiro atoms. The van der Waals surface area contributed by atoms with Crippen molar-refractivity contribution >= 4 is 29.1 Å². The second-order valence-electron chi connectivity index (χ2n) is 8.08. The van der Waals surface area contributed by atoms with E-state index in [9.17, 15) is 34.6 Å². The Hall–Kier alpha value is -4.15. The van der Waals surface area contributed by atoms with E-state index in [4.69, 9.17) is 0 Å². The molecule has 1 heterocycles. The van der Waals surface area contributed by atoms with Crippen LogP contribution in [0, 0.1) is 32.1 Å². The summed E-state index contributed by atoms with van der Waals surface area (Å²) < 4.78 is 0. The number of imide groups is 1. The number of hydrogen-bond donors (Lipinski definition) is 0. The Morgan fingerprint density at radius 2 is 1.30 bits per heavy atom. The molecule has 3 amide bonds. The van der Waals surface area contributed by atoms with Gasteiger partial charge in [0.1, 0.15) is 0 Å². The minimum atomic E-state index is -0.677. The molecule has 33 heavy (non-hydrogen) atoms. The van der Waals surface area contributed by atoms with Crippen molar-refractivity contribution in [1.82, 2.24) is 10.0 Å². The molecule has 2 fully saturated rings. The topological polar surface area (TPSA) is 144 Å². The molecule has 1 aliphatic carbocycles. The Morgan fingerprint density at radius 1 is 0.848 bits per heavy atom. The van der Waals surface area contributed by atoms with E-state index in [0.717, 1.165) is 22.9 Å². The fourth-order valence-corrected chi connectivity index (χ4v) is 4.39. The minimum Gasteiger partial charge on any atom is -0.272 e. The lowest BCUT2D eigenvalue weighted by atomic mass is 9.81. The van der Waals surface area contributed by atoms with Crippen molar-refractivity contribution in [1.29, 1.82) is 0 Å². The average molecular weight is 452 g/mol. The Bertz CT molecular complexity index is 1110. The predicted molar refractivity (Wildman–Crippen MR) is 113 cm³/mol. The van der Waals surface area contributed by atoms with Crippen LogP contribution in [-0.2, 0) is 16.1 Å². The fraction of sp³-hybridized carbons (Fsp3) is 0.318. The zero-order valence-electron chi connectivity index (χ0n) is 17.5. The molecule has 0 radical (unpaired) electrons. The van der Waals surface area contributed by atoms with Crippen LogP contribution in [0.3, 0.4) is 0 Å². The van der Waals surface area contributed by atoms with E-state index in [2.05, 4.69) is 0 Å². The lowest BCUT2D eigenvalue weighted by Gasteiger charge is -2.30. The van der Waals surface area contributed by atoms with E-state index >= 15 is 0 Å². The number of carbonyl (C=O) groups is 3. The molecule has 2 aliphatic rings. The fourth-order valence-electron chi connectivity index (χ4n) is 4.39. The van der Waals surface area contributed by atoms with Gasteiger partial charge in [0, 0.05) is 29.8 Å². The summed E-state index contributed by atoms with van der Waals surface area (Å²) in [4.78, 5) is 60.4. The van der Waals surface area contributed by atoms with Gasteiger partial charge in [-0.25, -0.2) is 5.01 Å². The maximum atomic E-state index is 13.4. The van der Waals surface area contributed by atoms with Gasteiger partial charge in [-0.05, 0) is 30.5 Å². The molecule has 2 aromatic rings. The van der Waals surface area contributed by atoms with Crippen LogP contribution >= 0.6 is 0 Å². The van der Waals surface area contributed by atoms with Gasteiger partial charge in [0.25, 0.3) is 29.1 Å². The van der Waals surface area contributed by atoms with Crippen molar-refractivity contribution in [2.75, 3.05) is 0 Å². The Balaban J connectivity index is 1.69. The molecule has 170 valence electrons. The van der Waals surface area contributed by atoms with Crippen molar-refractivity contribution in [2.24, 2.45) is 11.8 Å². The molecular weight excluding hydrogens is 432 g/mol. The van der Waals surface area contributed by atoms with Crippen LogP contribution in [-0.4, -0.2) is 37.6 Å². The number of nitro groups is 2. The molecule has 0 N–H and O–H groups in total. The third kappa shape index (κ3) is 4.16. The third-order valence-electron chi connectivity index (χ3n) is 6.10. The van der Waals surface area contributed by atoms with Gasteiger partial charge in [0.2, 0.25) is 0 Å². The van der Waals surface area contributed by atoms with Crippen molar-refractivity contribution in [3.63, 3.8) is 0 Å². The number of hydrogen-bond acceptors (Lipinski definition) is 7. The first-order valence-electron chi connectivity index (χ1n) is 10.5. The molecule has 4 rings (SSSR count). The zero-order valence-corrected chi connectivity index (χ0v) is 17.5. The monoisotopic (exact) mass is 452 g/mol. The second-order valence-corrected chi connectivity index (χ2v) is 8.08. The number of carbonyl (C=O) groups excluding carboxylic acids is 3. The van der Waals surface area contributed by atoms with Crippen LogP contribution in [0.15, 0.2) is 48.5 Å². The molecule has 0 unspecified atom stereocenters. The van der Waals surface area contributed by atoms with E-state index < -0.39 is 39.4 Å². The van der Waals surface area contributed by atoms with Crippen LogP contribution in [0.4, 0.5) is 11.4 Å². The predicted octanol–water partition coefficient (Wildman–Crippen LogP) is 3.24. The normalized spacial score (nSPS) is 19.8. The van der Waals surface area contributed by atoms with Gasteiger partial charge in [-0.15, -0.1) is 0 Å².